The van der Waals surface area contributed by atoms with Crippen LogP contribution in [0.5, 0.6) is 0 Å². The first-order valence-corrected chi connectivity index (χ1v) is 10.4. The lowest BCUT2D eigenvalue weighted by molar-refractivity contribution is -0.118. The summed E-state index contributed by atoms with van der Waals surface area (Å²) in [5.74, 6) is -0.207. The fourth-order valence-corrected chi connectivity index (χ4v) is 4.07. The van der Waals surface area contributed by atoms with Crippen LogP contribution in [0.1, 0.15) is 56.0 Å². The lowest BCUT2D eigenvalue weighted by Gasteiger charge is -2.23. The third kappa shape index (κ3) is 4.39. The predicted octanol–water partition coefficient (Wildman–Crippen LogP) is 4.53. The fraction of sp³-hybridized carbons (Fsp3) is 0.421. The summed E-state index contributed by atoms with van der Waals surface area (Å²) in [4.78, 5) is 24.9. The van der Waals surface area contributed by atoms with Crippen LogP contribution in [0.25, 0.3) is 0 Å². The number of carbonyl (C=O) groups excluding carboxylic acids is 2. The zero-order chi connectivity index (χ0) is 20.3. The number of rotatable bonds is 6. The SMILES string of the molecule is CCC(CC)c1nnc(NC(=O)C2=NN(c3ccc(C)c(Cl)c3)C(=O)CC2)s1. The summed E-state index contributed by atoms with van der Waals surface area (Å²) in [6, 6.07) is 5.25. The Bertz CT molecular complexity index is 923. The van der Waals surface area contributed by atoms with Crippen molar-refractivity contribution >= 4 is 51.3 Å². The van der Waals surface area contributed by atoms with E-state index < -0.39 is 0 Å². The molecule has 1 aliphatic heterocycles. The molecule has 148 valence electrons. The van der Waals surface area contributed by atoms with Crippen LogP contribution in [0, 0.1) is 6.92 Å². The molecule has 0 aliphatic carbocycles. The van der Waals surface area contributed by atoms with Crippen molar-refractivity contribution in [3.05, 3.63) is 33.8 Å². The highest BCUT2D eigenvalue weighted by Crippen LogP contribution is 2.29. The van der Waals surface area contributed by atoms with E-state index in [1.165, 1.54) is 16.3 Å². The number of hydrazone groups is 1. The van der Waals surface area contributed by atoms with Gasteiger partial charge in [-0.3, -0.25) is 14.9 Å². The molecule has 2 amide bonds. The summed E-state index contributed by atoms with van der Waals surface area (Å²) < 4.78 is 0. The van der Waals surface area contributed by atoms with Gasteiger partial charge in [-0.05, 0) is 37.5 Å². The molecule has 1 aliphatic rings. The highest BCUT2D eigenvalue weighted by Gasteiger charge is 2.26. The normalized spacial score (nSPS) is 14.4. The van der Waals surface area contributed by atoms with E-state index in [1.807, 2.05) is 13.0 Å². The van der Waals surface area contributed by atoms with E-state index in [-0.39, 0.29) is 30.4 Å². The van der Waals surface area contributed by atoms with Crippen LogP contribution in [-0.4, -0.2) is 27.7 Å². The summed E-state index contributed by atoms with van der Waals surface area (Å²) in [6.45, 7) is 6.09. The summed E-state index contributed by atoms with van der Waals surface area (Å²) >= 11 is 7.54. The Hall–Kier alpha value is -2.32. The van der Waals surface area contributed by atoms with Crippen molar-refractivity contribution in [3.8, 4) is 0 Å². The molecule has 0 fully saturated rings. The second-order valence-corrected chi connectivity index (χ2v) is 8.02. The number of nitrogens with zero attached hydrogens (tertiary/aromatic N) is 4. The van der Waals surface area contributed by atoms with Gasteiger partial charge in [0.25, 0.3) is 5.91 Å². The van der Waals surface area contributed by atoms with E-state index in [4.69, 9.17) is 11.6 Å². The number of halogens is 1. The molecular weight excluding hydrogens is 398 g/mol. The highest BCUT2D eigenvalue weighted by molar-refractivity contribution is 7.15. The van der Waals surface area contributed by atoms with Crippen LogP contribution >= 0.6 is 22.9 Å². The van der Waals surface area contributed by atoms with Crippen molar-refractivity contribution < 1.29 is 9.59 Å². The van der Waals surface area contributed by atoms with Gasteiger partial charge in [0.15, 0.2) is 0 Å². The number of benzene rings is 1. The lowest BCUT2D eigenvalue weighted by Crippen LogP contribution is -2.36. The van der Waals surface area contributed by atoms with Gasteiger partial charge in [-0.25, -0.2) is 5.01 Å². The lowest BCUT2D eigenvalue weighted by atomic mass is 10.1. The van der Waals surface area contributed by atoms with E-state index in [0.717, 1.165) is 23.4 Å². The van der Waals surface area contributed by atoms with Gasteiger partial charge in [-0.2, -0.15) is 5.10 Å². The Balaban J connectivity index is 1.77. The molecule has 28 heavy (non-hydrogen) atoms. The Labute approximate surface area is 172 Å². The van der Waals surface area contributed by atoms with Crippen molar-refractivity contribution in [1.82, 2.24) is 10.2 Å². The second kappa shape index (κ2) is 8.79. The zero-order valence-electron chi connectivity index (χ0n) is 16.0. The summed E-state index contributed by atoms with van der Waals surface area (Å²) in [5, 5.41) is 18.4. The molecule has 0 saturated carbocycles. The summed E-state index contributed by atoms with van der Waals surface area (Å²) in [5.41, 5.74) is 1.72. The van der Waals surface area contributed by atoms with Crippen molar-refractivity contribution in [3.63, 3.8) is 0 Å². The van der Waals surface area contributed by atoms with Crippen LogP contribution in [-0.2, 0) is 9.59 Å². The third-order valence-electron chi connectivity index (χ3n) is 4.69. The average Bonchev–Trinajstić information content (AvgIpc) is 3.13. The largest absolute Gasteiger partial charge is 0.295 e. The number of anilines is 2. The predicted molar refractivity (Wildman–Crippen MR) is 112 cm³/mol. The van der Waals surface area contributed by atoms with Gasteiger partial charge >= 0.3 is 0 Å². The number of carbonyl (C=O) groups is 2. The van der Waals surface area contributed by atoms with E-state index in [1.54, 1.807) is 12.1 Å². The maximum absolute atomic E-state index is 12.6. The van der Waals surface area contributed by atoms with Crippen molar-refractivity contribution in [2.75, 3.05) is 10.3 Å². The number of aryl methyl sites for hydroxylation is 1. The molecule has 1 aromatic carbocycles. The Kier molecular flexibility index (Phi) is 6.41. The maximum Gasteiger partial charge on any atom is 0.273 e. The van der Waals surface area contributed by atoms with E-state index in [9.17, 15) is 9.59 Å². The van der Waals surface area contributed by atoms with Crippen LogP contribution < -0.4 is 10.3 Å². The summed E-state index contributed by atoms with van der Waals surface area (Å²) in [6.07, 6.45) is 2.43. The molecule has 0 spiro atoms. The quantitative estimate of drug-likeness (QED) is 0.745. The molecule has 9 heteroatoms. The van der Waals surface area contributed by atoms with Gasteiger partial charge in [0.1, 0.15) is 10.7 Å². The van der Waals surface area contributed by atoms with Crippen LogP contribution in [0.4, 0.5) is 10.8 Å². The van der Waals surface area contributed by atoms with Gasteiger partial charge < -0.3 is 0 Å². The molecule has 0 bridgehead atoms. The monoisotopic (exact) mass is 419 g/mol. The second-order valence-electron chi connectivity index (χ2n) is 6.60. The number of nitrogens with one attached hydrogen (secondary N) is 1. The zero-order valence-corrected chi connectivity index (χ0v) is 17.6. The van der Waals surface area contributed by atoms with Crippen molar-refractivity contribution in [2.24, 2.45) is 5.10 Å². The van der Waals surface area contributed by atoms with Crippen molar-refractivity contribution in [2.45, 2.75) is 52.4 Å². The first-order chi connectivity index (χ1) is 13.4. The minimum absolute atomic E-state index is 0.177. The smallest absolute Gasteiger partial charge is 0.273 e. The first-order valence-electron chi connectivity index (χ1n) is 9.24. The molecule has 0 saturated heterocycles. The first kappa shape index (κ1) is 20.4. The molecule has 1 aromatic heterocycles. The third-order valence-corrected chi connectivity index (χ3v) is 6.10. The molecule has 3 rings (SSSR count). The van der Waals surface area contributed by atoms with Gasteiger partial charge in [-0.15, -0.1) is 10.2 Å². The van der Waals surface area contributed by atoms with Gasteiger partial charge in [0, 0.05) is 23.8 Å². The molecule has 2 aromatic rings. The minimum Gasteiger partial charge on any atom is -0.295 e. The number of hydrogen-bond acceptors (Lipinski definition) is 6. The fourth-order valence-electron chi connectivity index (χ4n) is 2.89. The molecule has 2 heterocycles. The molecule has 0 atom stereocenters. The number of amides is 2. The number of aromatic nitrogens is 2. The van der Waals surface area contributed by atoms with Gasteiger partial charge in [-0.1, -0.05) is 42.9 Å². The highest BCUT2D eigenvalue weighted by atomic mass is 35.5. The standard InChI is InChI=1S/C19H22ClN5O2S/c1-4-12(5-2)18-22-23-19(28-18)21-17(27)15-8-9-16(26)25(24-15)13-7-6-11(3)14(20)10-13/h6-7,10,12H,4-5,8-9H2,1-3H3,(H,21,23,27). The van der Waals surface area contributed by atoms with Gasteiger partial charge in [0.2, 0.25) is 11.0 Å². The van der Waals surface area contributed by atoms with Crippen LogP contribution in [0.3, 0.4) is 0 Å². The average molecular weight is 420 g/mol. The van der Waals surface area contributed by atoms with Gasteiger partial charge in [0.05, 0.1) is 5.69 Å². The maximum atomic E-state index is 12.6. The van der Waals surface area contributed by atoms with E-state index in [2.05, 4.69) is 34.5 Å². The van der Waals surface area contributed by atoms with Crippen LogP contribution in [0.15, 0.2) is 23.3 Å². The summed E-state index contributed by atoms with van der Waals surface area (Å²) in [7, 11) is 0. The molecule has 0 unspecified atom stereocenters. The van der Waals surface area contributed by atoms with Crippen LogP contribution in [0.2, 0.25) is 5.02 Å². The Morgan fingerprint density at radius 3 is 2.71 bits per heavy atom. The minimum atomic E-state index is -0.372. The molecule has 7 nitrogen and oxygen atoms in total. The number of hydrogen-bond donors (Lipinski definition) is 1. The molecule has 0 radical (unpaired) electrons. The Morgan fingerprint density at radius 2 is 2.04 bits per heavy atom. The Morgan fingerprint density at radius 1 is 1.29 bits per heavy atom. The topological polar surface area (TPSA) is 87.6 Å². The van der Waals surface area contributed by atoms with E-state index >= 15 is 0 Å². The molecular formula is C19H22ClN5O2S. The molecule has 1 N–H and O–H groups in total. The van der Waals surface area contributed by atoms with E-state index in [0.29, 0.717) is 21.8 Å². The van der Waals surface area contributed by atoms with Crippen molar-refractivity contribution in [1.29, 1.82) is 0 Å².